The Morgan fingerprint density at radius 2 is 1.95 bits per heavy atom. The summed E-state index contributed by atoms with van der Waals surface area (Å²) in [5.74, 6) is 1.14. The number of aliphatic carboxylic acids is 1. The van der Waals surface area contributed by atoms with Crippen LogP contribution in [0.15, 0.2) is 0 Å². The highest BCUT2D eigenvalue weighted by atomic mass is 32.2. The Hall–Kier alpha value is -0.790. The highest BCUT2D eigenvalue weighted by Gasteiger charge is 2.34. The molecule has 2 aliphatic heterocycles. The van der Waals surface area contributed by atoms with Crippen molar-refractivity contribution in [1.29, 1.82) is 0 Å². The van der Waals surface area contributed by atoms with E-state index in [1.807, 2.05) is 11.8 Å². The molecule has 0 aliphatic carbocycles. The van der Waals surface area contributed by atoms with Crippen LogP contribution in [0.1, 0.15) is 12.8 Å². The molecule has 2 heterocycles. The summed E-state index contributed by atoms with van der Waals surface area (Å²) in [5.41, 5.74) is 0. The lowest BCUT2D eigenvalue weighted by Crippen LogP contribution is -2.42. The molecule has 1 amide bonds. The zero-order chi connectivity index (χ0) is 13.7. The van der Waals surface area contributed by atoms with E-state index < -0.39 is 18.2 Å². The van der Waals surface area contributed by atoms with Gasteiger partial charge in [-0.1, -0.05) is 0 Å². The van der Waals surface area contributed by atoms with Crippen molar-refractivity contribution in [3.05, 3.63) is 0 Å². The predicted molar refractivity (Wildman–Crippen MR) is 72.3 cm³/mol. The van der Waals surface area contributed by atoms with Gasteiger partial charge < -0.3 is 15.2 Å². The molecule has 2 N–H and O–H groups in total. The second-order valence-corrected chi connectivity index (χ2v) is 6.00. The van der Waals surface area contributed by atoms with E-state index in [-0.39, 0.29) is 5.91 Å². The average molecular weight is 288 g/mol. The van der Waals surface area contributed by atoms with Crippen molar-refractivity contribution in [2.24, 2.45) is 0 Å². The van der Waals surface area contributed by atoms with Crippen LogP contribution in [0.5, 0.6) is 0 Å². The van der Waals surface area contributed by atoms with Gasteiger partial charge in [-0.25, -0.2) is 4.79 Å². The first-order valence-electron chi connectivity index (χ1n) is 6.63. The van der Waals surface area contributed by atoms with Gasteiger partial charge in [-0.05, 0) is 12.8 Å². The first-order valence-corrected chi connectivity index (χ1v) is 7.78. The van der Waals surface area contributed by atoms with Gasteiger partial charge in [0.05, 0.1) is 0 Å². The molecule has 108 valence electrons. The molecular formula is C12H20N2O4S. The predicted octanol–water partition coefficient (Wildman–Crippen LogP) is -0.216. The molecule has 2 aliphatic rings. The van der Waals surface area contributed by atoms with Crippen LogP contribution in [-0.2, 0) is 14.3 Å². The first kappa shape index (κ1) is 14.6. The fourth-order valence-corrected chi connectivity index (χ4v) is 3.27. The highest BCUT2D eigenvalue weighted by molar-refractivity contribution is 7.99. The van der Waals surface area contributed by atoms with Crippen LogP contribution in [-0.4, -0.2) is 71.8 Å². The van der Waals surface area contributed by atoms with E-state index in [4.69, 9.17) is 9.84 Å². The number of hydrogen-bond acceptors (Lipinski definition) is 5. The molecule has 0 aromatic carbocycles. The summed E-state index contributed by atoms with van der Waals surface area (Å²) in [6.45, 7) is 3.59. The first-order chi connectivity index (χ1) is 9.16. The Balaban J connectivity index is 1.63. The lowest BCUT2D eigenvalue weighted by molar-refractivity contribution is -0.151. The minimum atomic E-state index is -0.985. The maximum absolute atomic E-state index is 11.8. The number of rotatable bonds is 5. The third-order valence-electron chi connectivity index (χ3n) is 3.42. The van der Waals surface area contributed by atoms with E-state index in [1.165, 1.54) is 0 Å². The summed E-state index contributed by atoms with van der Waals surface area (Å²) >= 11 is 1.96. The van der Waals surface area contributed by atoms with E-state index >= 15 is 0 Å². The van der Waals surface area contributed by atoms with E-state index in [2.05, 4.69) is 10.2 Å². The fraction of sp³-hybridized carbons (Fsp3) is 0.833. The molecule has 0 bridgehead atoms. The molecule has 0 aromatic heterocycles. The van der Waals surface area contributed by atoms with Crippen LogP contribution in [0.2, 0.25) is 0 Å². The monoisotopic (exact) mass is 288 g/mol. The molecule has 0 spiro atoms. The number of carboxylic acid groups (broad SMARTS) is 1. The second kappa shape index (κ2) is 7.12. The molecule has 2 fully saturated rings. The Kier molecular flexibility index (Phi) is 5.47. The SMILES string of the molecule is O=C(NCCN1CCSCC1)[C@@H]1CC[C@H](C(=O)O)O1. The summed E-state index contributed by atoms with van der Waals surface area (Å²) in [6.07, 6.45) is -0.521. The van der Waals surface area contributed by atoms with Crippen LogP contribution in [0.25, 0.3) is 0 Å². The van der Waals surface area contributed by atoms with Gasteiger partial charge in [0.2, 0.25) is 5.91 Å². The summed E-state index contributed by atoms with van der Waals surface area (Å²) < 4.78 is 5.20. The zero-order valence-electron chi connectivity index (χ0n) is 10.8. The van der Waals surface area contributed by atoms with Crippen molar-refractivity contribution in [1.82, 2.24) is 10.2 Å². The summed E-state index contributed by atoms with van der Waals surface area (Å²) in [6, 6.07) is 0. The maximum atomic E-state index is 11.8. The molecule has 0 aromatic rings. The number of amides is 1. The minimum absolute atomic E-state index is 0.185. The molecule has 0 saturated carbocycles. The van der Waals surface area contributed by atoms with Gasteiger partial charge in [-0.3, -0.25) is 9.69 Å². The van der Waals surface area contributed by atoms with Crippen molar-refractivity contribution in [3.63, 3.8) is 0 Å². The summed E-state index contributed by atoms with van der Waals surface area (Å²) in [4.78, 5) is 24.9. The van der Waals surface area contributed by atoms with Crippen LogP contribution < -0.4 is 5.32 Å². The van der Waals surface area contributed by atoms with E-state index in [0.717, 1.165) is 31.1 Å². The van der Waals surface area contributed by atoms with Crippen molar-refractivity contribution < 1.29 is 19.4 Å². The number of carboxylic acids is 1. The Labute approximate surface area is 116 Å². The van der Waals surface area contributed by atoms with Crippen LogP contribution in [0.4, 0.5) is 0 Å². The van der Waals surface area contributed by atoms with Crippen LogP contribution in [0, 0.1) is 0 Å². The number of ether oxygens (including phenoxy) is 1. The van der Waals surface area contributed by atoms with Gasteiger partial charge in [-0.15, -0.1) is 0 Å². The molecule has 0 radical (unpaired) electrons. The van der Waals surface area contributed by atoms with E-state index in [1.54, 1.807) is 0 Å². The second-order valence-electron chi connectivity index (χ2n) is 4.77. The lowest BCUT2D eigenvalue weighted by Gasteiger charge is -2.26. The average Bonchev–Trinajstić information content (AvgIpc) is 2.89. The number of thioether (sulfide) groups is 1. The minimum Gasteiger partial charge on any atom is -0.479 e. The normalized spacial score (nSPS) is 28.2. The lowest BCUT2D eigenvalue weighted by atomic mass is 10.2. The van der Waals surface area contributed by atoms with Crippen LogP contribution in [0.3, 0.4) is 0 Å². The van der Waals surface area contributed by atoms with Crippen molar-refractivity contribution in [2.45, 2.75) is 25.0 Å². The topological polar surface area (TPSA) is 78.9 Å². The Morgan fingerprint density at radius 3 is 2.58 bits per heavy atom. The number of hydrogen-bond donors (Lipinski definition) is 2. The molecule has 19 heavy (non-hydrogen) atoms. The standard InChI is InChI=1S/C12H20N2O4S/c15-11(9-1-2-10(18-9)12(16)17)13-3-4-14-5-7-19-8-6-14/h9-10H,1-8H2,(H,13,15)(H,16,17)/t9-,10+/m0/s1. The summed E-state index contributed by atoms with van der Waals surface area (Å²) in [7, 11) is 0. The van der Waals surface area contributed by atoms with Gasteiger partial charge in [0, 0.05) is 37.7 Å². The van der Waals surface area contributed by atoms with Gasteiger partial charge in [-0.2, -0.15) is 11.8 Å². The third-order valence-corrected chi connectivity index (χ3v) is 4.36. The van der Waals surface area contributed by atoms with Crippen molar-refractivity contribution in [2.75, 3.05) is 37.7 Å². The quantitative estimate of drug-likeness (QED) is 0.728. The highest BCUT2D eigenvalue weighted by Crippen LogP contribution is 2.19. The van der Waals surface area contributed by atoms with Crippen molar-refractivity contribution >= 4 is 23.6 Å². The number of carbonyl (C=O) groups is 2. The van der Waals surface area contributed by atoms with Gasteiger partial charge in [0.15, 0.2) is 6.10 Å². The molecule has 0 unspecified atom stereocenters. The van der Waals surface area contributed by atoms with Crippen molar-refractivity contribution in [3.8, 4) is 0 Å². The third kappa shape index (κ3) is 4.36. The van der Waals surface area contributed by atoms with Gasteiger partial charge in [0.1, 0.15) is 6.10 Å². The number of carbonyl (C=O) groups excluding carboxylic acids is 1. The molecular weight excluding hydrogens is 268 g/mol. The smallest absolute Gasteiger partial charge is 0.332 e. The van der Waals surface area contributed by atoms with Crippen LogP contribution >= 0.6 is 11.8 Å². The van der Waals surface area contributed by atoms with E-state index in [0.29, 0.717) is 19.4 Å². The zero-order valence-corrected chi connectivity index (χ0v) is 11.7. The molecule has 2 atom stereocenters. The molecule has 2 rings (SSSR count). The maximum Gasteiger partial charge on any atom is 0.332 e. The van der Waals surface area contributed by atoms with Gasteiger partial charge >= 0.3 is 5.97 Å². The van der Waals surface area contributed by atoms with Gasteiger partial charge in [0.25, 0.3) is 0 Å². The molecule has 7 heteroatoms. The number of nitrogens with zero attached hydrogens (tertiary/aromatic N) is 1. The number of nitrogens with one attached hydrogen (secondary N) is 1. The molecule has 6 nitrogen and oxygen atoms in total. The fourth-order valence-electron chi connectivity index (χ4n) is 2.29. The summed E-state index contributed by atoms with van der Waals surface area (Å²) in [5, 5.41) is 11.6. The van der Waals surface area contributed by atoms with E-state index in [9.17, 15) is 9.59 Å². The Morgan fingerprint density at radius 1 is 1.26 bits per heavy atom. The Bertz CT molecular complexity index is 334. The largest absolute Gasteiger partial charge is 0.479 e. The molecule has 2 saturated heterocycles.